The van der Waals surface area contributed by atoms with Gasteiger partial charge in [-0.3, -0.25) is 0 Å². The van der Waals surface area contributed by atoms with E-state index in [0.717, 1.165) is 18.7 Å². The van der Waals surface area contributed by atoms with E-state index in [0.29, 0.717) is 0 Å². The summed E-state index contributed by atoms with van der Waals surface area (Å²) in [4.78, 5) is 4.05. The van der Waals surface area contributed by atoms with Crippen LogP contribution < -0.4 is 5.73 Å². The second kappa shape index (κ2) is 5.28. The van der Waals surface area contributed by atoms with Gasteiger partial charge in [0.05, 0.1) is 18.2 Å². The maximum Gasteiger partial charge on any atom is 0.111 e. The molecule has 4 heteroatoms. The van der Waals surface area contributed by atoms with Crippen molar-refractivity contribution >= 4 is 0 Å². The lowest BCUT2D eigenvalue weighted by Crippen LogP contribution is -2.34. The van der Waals surface area contributed by atoms with Crippen LogP contribution in [0.4, 0.5) is 0 Å². The Kier molecular flexibility index (Phi) is 4.29. The molecule has 0 aliphatic heterocycles. The average molecular weight is 211 g/mol. The molecule has 0 amide bonds. The number of hydrogen-bond acceptors (Lipinski definition) is 3. The normalized spacial score (nSPS) is 15.6. The maximum atomic E-state index is 10.1. The van der Waals surface area contributed by atoms with Gasteiger partial charge >= 0.3 is 0 Å². The van der Waals surface area contributed by atoms with Gasteiger partial charge in [-0.1, -0.05) is 20.8 Å². The molecule has 0 bridgehead atoms. The van der Waals surface area contributed by atoms with E-state index in [1.54, 1.807) is 12.5 Å². The molecule has 0 spiro atoms. The third-order valence-electron chi connectivity index (χ3n) is 2.65. The fourth-order valence-electron chi connectivity index (χ4n) is 1.57. The zero-order valence-electron chi connectivity index (χ0n) is 9.72. The summed E-state index contributed by atoms with van der Waals surface area (Å²) < 4.78 is 1.97. The first-order valence-electron chi connectivity index (χ1n) is 5.51. The Morgan fingerprint density at radius 3 is 2.73 bits per heavy atom. The minimum atomic E-state index is -0.626. The number of aliphatic hydroxyl groups is 1. The quantitative estimate of drug-likeness (QED) is 0.771. The average Bonchev–Trinajstić information content (AvgIpc) is 2.64. The Hall–Kier alpha value is -0.870. The van der Waals surface area contributed by atoms with Gasteiger partial charge in [-0.05, 0) is 12.3 Å². The molecule has 1 rings (SSSR count). The number of aryl methyl sites for hydroxylation is 1. The summed E-state index contributed by atoms with van der Waals surface area (Å²) in [5.41, 5.74) is 6.74. The highest BCUT2D eigenvalue weighted by molar-refractivity contribution is 5.06. The van der Waals surface area contributed by atoms with Crippen LogP contribution in [-0.4, -0.2) is 20.7 Å². The Morgan fingerprint density at radius 1 is 1.53 bits per heavy atom. The molecule has 0 saturated carbocycles. The zero-order valence-corrected chi connectivity index (χ0v) is 9.72. The molecule has 0 aliphatic carbocycles. The van der Waals surface area contributed by atoms with Crippen LogP contribution >= 0.6 is 0 Å². The van der Waals surface area contributed by atoms with Crippen molar-refractivity contribution in [2.24, 2.45) is 11.7 Å². The van der Waals surface area contributed by atoms with Gasteiger partial charge in [0.15, 0.2) is 0 Å². The minimum Gasteiger partial charge on any atom is -0.385 e. The number of imidazole rings is 1. The molecule has 0 aromatic carbocycles. The molecule has 0 fully saturated rings. The smallest absolute Gasteiger partial charge is 0.111 e. The predicted molar refractivity (Wildman–Crippen MR) is 60.3 cm³/mol. The summed E-state index contributed by atoms with van der Waals surface area (Å²) in [5.74, 6) is 0.255. The van der Waals surface area contributed by atoms with Crippen LogP contribution in [0.5, 0.6) is 0 Å². The molecule has 0 aliphatic rings. The van der Waals surface area contributed by atoms with Gasteiger partial charge in [-0.15, -0.1) is 0 Å². The second-order valence-electron chi connectivity index (χ2n) is 4.28. The molecule has 0 radical (unpaired) electrons. The van der Waals surface area contributed by atoms with Crippen LogP contribution in [0, 0.1) is 5.92 Å². The van der Waals surface area contributed by atoms with E-state index >= 15 is 0 Å². The van der Waals surface area contributed by atoms with Gasteiger partial charge in [-0.2, -0.15) is 0 Å². The van der Waals surface area contributed by atoms with E-state index in [4.69, 9.17) is 5.73 Å². The largest absolute Gasteiger partial charge is 0.385 e. The summed E-state index contributed by atoms with van der Waals surface area (Å²) in [5, 5.41) is 10.1. The fraction of sp³-hybridized carbons (Fsp3) is 0.727. The lowest BCUT2D eigenvalue weighted by molar-refractivity contribution is 0.117. The predicted octanol–water partition coefficient (Wildman–Crippen LogP) is 1.31. The van der Waals surface area contributed by atoms with Crippen molar-refractivity contribution in [2.75, 3.05) is 0 Å². The molecular formula is C11H21N3O. The molecular weight excluding hydrogens is 190 g/mol. The summed E-state index contributed by atoms with van der Waals surface area (Å²) in [7, 11) is 0. The summed E-state index contributed by atoms with van der Waals surface area (Å²) >= 11 is 0. The molecule has 4 nitrogen and oxygen atoms in total. The van der Waals surface area contributed by atoms with Crippen molar-refractivity contribution in [1.82, 2.24) is 9.55 Å². The lowest BCUT2D eigenvalue weighted by atomic mass is 9.98. The number of nitrogens with zero attached hydrogens (tertiary/aromatic N) is 2. The van der Waals surface area contributed by atoms with Crippen molar-refractivity contribution in [1.29, 1.82) is 0 Å². The Morgan fingerprint density at radius 2 is 2.20 bits per heavy atom. The molecule has 3 N–H and O–H groups in total. The third-order valence-corrected chi connectivity index (χ3v) is 2.65. The van der Waals surface area contributed by atoms with Gasteiger partial charge in [0.1, 0.15) is 6.10 Å². The summed E-state index contributed by atoms with van der Waals surface area (Å²) in [6, 6.07) is -0.239. The number of aromatic nitrogens is 2. The van der Waals surface area contributed by atoms with Crippen LogP contribution in [0.25, 0.3) is 0 Å². The number of rotatable bonds is 5. The second-order valence-corrected chi connectivity index (χ2v) is 4.28. The molecule has 86 valence electrons. The van der Waals surface area contributed by atoms with E-state index in [-0.39, 0.29) is 12.0 Å². The van der Waals surface area contributed by atoms with E-state index < -0.39 is 6.10 Å². The zero-order chi connectivity index (χ0) is 11.4. The van der Waals surface area contributed by atoms with E-state index in [9.17, 15) is 5.11 Å². The number of aliphatic hydroxyl groups excluding tert-OH is 1. The van der Waals surface area contributed by atoms with Gasteiger partial charge in [-0.25, -0.2) is 4.98 Å². The van der Waals surface area contributed by atoms with Crippen molar-refractivity contribution in [3.8, 4) is 0 Å². The van der Waals surface area contributed by atoms with Gasteiger partial charge in [0, 0.05) is 12.6 Å². The SMILES string of the molecule is CCCn1cncc1C(O)C(N)C(C)C. The first-order chi connectivity index (χ1) is 7.07. The van der Waals surface area contributed by atoms with Crippen LogP contribution in [0.2, 0.25) is 0 Å². The third kappa shape index (κ3) is 2.79. The van der Waals surface area contributed by atoms with Gasteiger partial charge < -0.3 is 15.4 Å². The van der Waals surface area contributed by atoms with Crippen molar-refractivity contribution in [3.05, 3.63) is 18.2 Å². The Balaban J connectivity index is 2.80. The topological polar surface area (TPSA) is 64.1 Å². The fourth-order valence-corrected chi connectivity index (χ4v) is 1.57. The van der Waals surface area contributed by atoms with E-state index in [1.165, 1.54) is 0 Å². The van der Waals surface area contributed by atoms with Crippen molar-refractivity contribution in [2.45, 2.75) is 45.9 Å². The Labute approximate surface area is 91.1 Å². The first-order valence-corrected chi connectivity index (χ1v) is 5.51. The number of nitrogens with two attached hydrogens (primary N) is 1. The highest BCUT2D eigenvalue weighted by Gasteiger charge is 2.22. The van der Waals surface area contributed by atoms with Crippen LogP contribution in [0.1, 0.15) is 39.0 Å². The van der Waals surface area contributed by atoms with Gasteiger partial charge in [0.25, 0.3) is 0 Å². The highest BCUT2D eigenvalue weighted by Crippen LogP contribution is 2.20. The van der Waals surface area contributed by atoms with Crippen LogP contribution in [0.15, 0.2) is 12.5 Å². The maximum absolute atomic E-state index is 10.1. The molecule has 15 heavy (non-hydrogen) atoms. The number of hydrogen-bond donors (Lipinski definition) is 2. The molecule has 1 heterocycles. The standard InChI is InChI=1S/C11H21N3O/c1-4-5-14-7-13-6-9(14)11(15)10(12)8(2)3/h6-8,10-11,15H,4-5,12H2,1-3H3. The molecule has 2 unspecified atom stereocenters. The van der Waals surface area contributed by atoms with Crippen LogP contribution in [0.3, 0.4) is 0 Å². The summed E-state index contributed by atoms with van der Waals surface area (Å²) in [6.07, 6.45) is 3.84. The van der Waals surface area contributed by atoms with Crippen molar-refractivity contribution in [3.63, 3.8) is 0 Å². The molecule has 0 saturated heterocycles. The van der Waals surface area contributed by atoms with E-state index in [2.05, 4.69) is 11.9 Å². The van der Waals surface area contributed by atoms with Crippen molar-refractivity contribution < 1.29 is 5.11 Å². The monoisotopic (exact) mass is 211 g/mol. The lowest BCUT2D eigenvalue weighted by Gasteiger charge is -2.23. The molecule has 1 aromatic heterocycles. The molecule has 2 atom stereocenters. The van der Waals surface area contributed by atoms with Crippen LogP contribution in [-0.2, 0) is 6.54 Å². The Bertz CT molecular complexity index is 296. The summed E-state index contributed by atoms with van der Waals surface area (Å²) in [6.45, 7) is 6.98. The van der Waals surface area contributed by atoms with E-state index in [1.807, 2.05) is 18.4 Å². The molecule has 1 aromatic rings. The minimum absolute atomic E-state index is 0.239. The highest BCUT2D eigenvalue weighted by atomic mass is 16.3. The van der Waals surface area contributed by atoms with Gasteiger partial charge in [0.2, 0.25) is 0 Å². The first kappa shape index (κ1) is 12.2.